The fourth-order valence-electron chi connectivity index (χ4n) is 3.25. The van der Waals surface area contributed by atoms with Gasteiger partial charge in [0.1, 0.15) is 18.1 Å². The fourth-order valence-corrected chi connectivity index (χ4v) is 4.91. The molecule has 1 aliphatic rings. The number of sulfonamides is 1. The topological polar surface area (TPSA) is 59.1 Å². The summed E-state index contributed by atoms with van der Waals surface area (Å²) in [5, 5.41) is 1.56. The third kappa shape index (κ3) is 4.56. The summed E-state index contributed by atoms with van der Waals surface area (Å²) in [7, 11) is -2.20. The van der Waals surface area contributed by atoms with Gasteiger partial charge in [0.15, 0.2) is 0 Å². The fraction of sp³-hybridized carbons (Fsp3) is 0.130. The number of nitrogens with zero attached hydrogens (tertiary/aromatic N) is 2. The Hall–Kier alpha value is -2.94. The number of benzene rings is 3. The van der Waals surface area contributed by atoms with E-state index in [1.54, 1.807) is 30.3 Å². The molecule has 8 heteroatoms. The van der Waals surface area contributed by atoms with E-state index < -0.39 is 10.0 Å². The molecular formula is C23H22N2O4S2. The van der Waals surface area contributed by atoms with Gasteiger partial charge in [0.25, 0.3) is 10.0 Å². The first-order valence-corrected chi connectivity index (χ1v) is 11.4. The summed E-state index contributed by atoms with van der Waals surface area (Å²) in [4.78, 5) is 0.242. The van der Waals surface area contributed by atoms with Crippen LogP contribution in [0.25, 0.3) is 6.08 Å². The highest BCUT2D eigenvalue weighted by Crippen LogP contribution is 2.37. The minimum Gasteiger partial charge on any atom is -0.495 e. The van der Waals surface area contributed by atoms with Gasteiger partial charge in [-0.2, -0.15) is 0 Å². The van der Waals surface area contributed by atoms with Crippen LogP contribution >= 0.6 is 12.8 Å². The quantitative estimate of drug-likeness (QED) is 0.555. The average molecular weight is 455 g/mol. The molecule has 0 bridgehead atoms. The van der Waals surface area contributed by atoms with Gasteiger partial charge < -0.3 is 9.47 Å². The summed E-state index contributed by atoms with van der Waals surface area (Å²) in [6.45, 7) is 0.622. The third-order valence-corrected chi connectivity index (χ3v) is 7.28. The Kier molecular flexibility index (Phi) is 6.22. The van der Waals surface area contributed by atoms with Crippen molar-refractivity contribution in [2.24, 2.45) is 0 Å². The summed E-state index contributed by atoms with van der Waals surface area (Å²) < 4.78 is 37.9. The highest BCUT2D eigenvalue weighted by Gasteiger charge is 2.39. The van der Waals surface area contributed by atoms with E-state index in [1.165, 1.54) is 0 Å². The minimum atomic E-state index is -3.74. The number of hydrogen-bond donors (Lipinski definition) is 1. The molecule has 0 N–H and O–H groups in total. The lowest BCUT2D eigenvalue weighted by molar-refractivity contribution is 0.306. The summed E-state index contributed by atoms with van der Waals surface area (Å²) in [6.07, 6.45) is 1.65. The van der Waals surface area contributed by atoms with E-state index in [0.29, 0.717) is 23.8 Å². The zero-order valence-corrected chi connectivity index (χ0v) is 18.6. The largest absolute Gasteiger partial charge is 0.495 e. The van der Waals surface area contributed by atoms with E-state index in [-0.39, 0.29) is 11.4 Å². The van der Waals surface area contributed by atoms with Crippen LogP contribution in [0, 0.1) is 0 Å². The first kappa shape index (κ1) is 21.3. The second-order valence-electron chi connectivity index (χ2n) is 6.91. The molecule has 3 aromatic rings. The molecule has 1 aliphatic heterocycles. The van der Waals surface area contributed by atoms with Gasteiger partial charge in [-0.3, -0.25) is 5.01 Å². The first-order valence-electron chi connectivity index (χ1n) is 9.61. The van der Waals surface area contributed by atoms with Gasteiger partial charge in [0.2, 0.25) is 0 Å². The van der Waals surface area contributed by atoms with Gasteiger partial charge in [0, 0.05) is 0 Å². The predicted octanol–water partition coefficient (Wildman–Crippen LogP) is 4.53. The maximum absolute atomic E-state index is 12.9. The molecule has 0 aliphatic carbocycles. The number of rotatable bonds is 6. The molecule has 3 aromatic carbocycles. The Balaban J connectivity index is 1.52. The molecule has 1 fully saturated rings. The number of anilines is 1. The SMILES string of the molecule is COc1ccccc1N1C/C(=C/c2ccc(OCc3ccccc3)cc2)S(=O)(=O)N1S. The first-order chi connectivity index (χ1) is 15.0. The number of hydrazine groups is 1. The molecule has 0 atom stereocenters. The molecule has 6 nitrogen and oxygen atoms in total. The van der Waals surface area contributed by atoms with Crippen LogP contribution in [0.3, 0.4) is 0 Å². The molecule has 0 spiro atoms. The Morgan fingerprint density at radius 2 is 1.65 bits per heavy atom. The monoisotopic (exact) mass is 454 g/mol. The lowest BCUT2D eigenvalue weighted by Gasteiger charge is -2.23. The summed E-state index contributed by atoms with van der Waals surface area (Å²) in [5.41, 5.74) is 2.46. The van der Waals surface area contributed by atoms with Crippen LogP contribution in [0.2, 0.25) is 0 Å². The molecule has 1 heterocycles. The van der Waals surface area contributed by atoms with Crippen LogP contribution in [-0.4, -0.2) is 25.9 Å². The van der Waals surface area contributed by atoms with Crippen LogP contribution in [0.1, 0.15) is 11.1 Å². The van der Waals surface area contributed by atoms with E-state index in [4.69, 9.17) is 9.47 Å². The van der Waals surface area contributed by atoms with Crippen molar-refractivity contribution in [3.8, 4) is 11.5 Å². The van der Waals surface area contributed by atoms with Crippen LogP contribution < -0.4 is 14.5 Å². The number of methoxy groups -OCH3 is 1. The predicted molar refractivity (Wildman–Crippen MR) is 125 cm³/mol. The summed E-state index contributed by atoms with van der Waals surface area (Å²) in [6, 6.07) is 24.4. The van der Waals surface area contributed by atoms with E-state index in [0.717, 1.165) is 14.9 Å². The molecule has 0 unspecified atom stereocenters. The van der Waals surface area contributed by atoms with Crippen LogP contribution in [-0.2, 0) is 16.6 Å². The van der Waals surface area contributed by atoms with Crippen molar-refractivity contribution in [1.29, 1.82) is 0 Å². The van der Waals surface area contributed by atoms with Crippen LogP contribution in [0.5, 0.6) is 11.5 Å². The molecular weight excluding hydrogens is 432 g/mol. The normalized spacial score (nSPS) is 17.1. The van der Waals surface area contributed by atoms with E-state index in [9.17, 15) is 8.42 Å². The standard InChI is InChI=1S/C23H22N2O4S2/c1-28-23-10-6-5-9-22(23)24-16-21(31(26,27)25(24)30)15-18-11-13-20(14-12-18)29-17-19-7-3-2-4-8-19/h2-15,30H,16-17H2,1H3/b21-15-. The maximum Gasteiger partial charge on any atom is 0.267 e. The molecule has 160 valence electrons. The van der Waals surface area contributed by atoms with Crippen molar-refractivity contribution < 1.29 is 17.9 Å². The molecule has 1 saturated heterocycles. The van der Waals surface area contributed by atoms with E-state index >= 15 is 0 Å². The van der Waals surface area contributed by atoms with Crippen molar-refractivity contribution in [3.63, 3.8) is 0 Å². The second-order valence-corrected chi connectivity index (χ2v) is 9.38. The smallest absolute Gasteiger partial charge is 0.267 e. The van der Waals surface area contributed by atoms with E-state index in [1.807, 2.05) is 66.7 Å². The summed E-state index contributed by atoms with van der Waals surface area (Å²) >= 11 is 4.22. The Morgan fingerprint density at radius 3 is 2.35 bits per heavy atom. The lowest BCUT2D eigenvalue weighted by Crippen LogP contribution is -2.31. The molecule has 0 aromatic heterocycles. The summed E-state index contributed by atoms with van der Waals surface area (Å²) in [5.74, 6) is 1.28. The van der Waals surface area contributed by atoms with Gasteiger partial charge in [-0.25, -0.2) is 8.42 Å². The van der Waals surface area contributed by atoms with Gasteiger partial charge in [-0.15, -0.1) is 0 Å². The lowest BCUT2D eigenvalue weighted by atomic mass is 10.2. The Morgan fingerprint density at radius 1 is 0.968 bits per heavy atom. The Labute approximate surface area is 187 Å². The van der Waals surface area contributed by atoms with Crippen molar-refractivity contribution in [1.82, 2.24) is 3.82 Å². The highest BCUT2D eigenvalue weighted by atomic mass is 32.3. The molecule has 0 saturated carbocycles. The maximum atomic E-state index is 12.9. The zero-order chi connectivity index (χ0) is 21.8. The van der Waals surface area contributed by atoms with Crippen LogP contribution in [0.15, 0.2) is 83.8 Å². The molecule has 31 heavy (non-hydrogen) atoms. The number of hydrogen-bond acceptors (Lipinski definition) is 6. The van der Waals surface area contributed by atoms with Gasteiger partial charge in [-0.1, -0.05) is 71.2 Å². The second kappa shape index (κ2) is 9.05. The van der Waals surface area contributed by atoms with E-state index in [2.05, 4.69) is 12.8 Å². The Bertz CT molecular complexity index is 1180. The van der Waals surface area contributed by atoms with Crippen molar-refractivity contribution in [2.45, 2.75) is 6.61 Å². The average Bonchev–Trinajstić information content (AvgIpc) is 3.02. The third-order valence-electron chi connectivity index (χ3n) is 4.88. The number of ether oxygens (including phenoxy) is 2. The van der Waals surface area contributed by atoms with Gasteiger partial charge >= 0.3 is 0 Å². The molecule has 0 radical (unpaired) electrons. The van der Waals surface area contributed by atoms with Crippen molar-refractivity contribution >= 4 is 34.6 Å². The number of para-hydroxylation sites is 2. The van der Waals surface area contributed by atoms with Crippen molar-refractivity contribution in [2.75, 3.05) is 18.7 Å². The van der Waals surface area contributed by atoms with Gasteiger partial charge in [-0.05, 0) is 41.5 Å². The molecule has 0 amide bonds. The van der Waals surface area contributed by atoms with Crippen LogP contribution in [0.4, 0.5) is 5.69 Å². The highest BCUT2D eigenvalue weighted by molar-refractivity contribution is 8.02. The minimum absolute atomic E-state index is 0.151. The number of thiol groups is 1. The van der Waals surface area contributed by atoms with Crippen molar-refractivity contribution in [3.05, 3.63) is 94.9 Å². The molecule has 4 rings (SSSR count). The van der Waals surface area contributed by atoms with Gasteiger partial charge in [0.05, 0.1) is 24.2 Å². The zero-order valence-electron chi connectivity index (χ0n) is 16.9.